The average Bonchev–Trinajstić information content (AvgIpc) is 3.07. The molecule has 1 atom stereocenters. The lowest BCUT2D eigenvalue weighted by atomic mass is 9.88. The quantitative estimate of drug-likeness (QED) is 0.444. The van der Waals surface area contributed by atoms with Crippen LogP contribution in [0, 0.1) is 11.8 Å². The molecule has 2 heterocycles. The maximum atomic E-state index is 12.6. The standard InChI is InChI=1S/C20H30N2O3S.C2H2O4/c1-4-25-20(24)18-15-6-5-14(3)11-16(15)26-19(18)21-17(23)12-22-9-7-13(2)8-10-22;3-1(4)2(5)6/h13-14H,4-12H2,1-3H3,(H,21,23);(H,3,4)(H,5,6). The summed E-state index contributed by atoms with van der Waals surface area (Å²) in [5.41, 5.74) is 1.69. The number of fused-ring (bicyclic) bond motifs is 1. The van der Waals surface area contributed by atoms with Gasteiger partial charge in [-0.3, -0.25) is 9.69 Å². The number of carbonyl (C=O) groups excluding carboxylic acids is 2. The zero-order chi connectivity index (χ0) is 23.8. The predicted octanol–water partition coefficient (Wildman–Crippen LogP) is 2.88. The van der Waals surface area contributed by atoms with E-state index in [0.717, 1.165) is 56.7 Å². The summed E-state index contributed by atoms with van der Waals surface area (Å²) in [7, 11) is 0. The zero-order valence-corrected chi connectivity index (χ0v) is 19.6. The van der Waals surface area contributed by atoms with E-state index < -0.39 is 11.9 Å². The van der Waals surface area contributed by atoms with Gasteiger partial charge in [-0.05, 0) is 69.5 Å². The second kappa shape index (κ2) is 12.0. The SMILES string of the molecule is CCOC(=O)c1c(NC(=O)CN2CCC(C)CC2)sc2c1CCC(C)C2.O=C(O)C(=O)O. The van der Waals surface area contributed by atoms with Gasteiger partial charge in [-0.2, -0.15) is 0 Å². The van der Waals surface area contributed by atoms with Gasteiger partial charge in [0.15, 0.2) is 0 Å². The van der Waals surface area contributed by atoms with Gasteiger partial charge < -0.3 is 20.3 Å². The number of hydrogen-bond acceptors (Lipinski definition) is 7. The fourth-order valence-electron chi connectivity index (χ4n) is 3.85. The van der Waals surface area contributed by atoms with Crippen LogP contribution in [0.25, 0.3) is 0 Å². The summed E-state index contributed by atoms with van der Waals surface area (Å²) >= 11 is 1.56. The highest BCUT2D eigenvalue weighted by molar-refractivity contribution is 7.17. The Labute approximate surface area is 191 Å². The number of likely N-dealkylation sites (tertiary alicyclic amines) is 1. The number of ether oxygens (including phenoxy) is 1. The summed E-state index contributed by atoms with van der Waals surface area (Å²) in [5.74, 6) is -2.62. The van der Waals surface area contributed by atoms with E-state index >= 15 is 0 Å². The molecule has 1 aromatic rings. The van der Waals surface area contributed by atoms with Gasteiger partial charge in [0.1, 0.15) is 5.00 Å². The molecule has 3 N–H and O–H groups in total. The highest BCUT2D eigenvalue weighted by Crippen LogP contribution is 2.40. The van der Waals surface area contributed by atoms with Crippen molar-refractivity contribution in [3.63, 3.8) is 0 Å². The molecule has 178 valence electrons. The van der Waals surface area contributed by atoms with Crippen LogP contribution in [-0.2, 0) is 32.0 Å². The van der Waals surface area contributed by atoms with Gasteiger partial charge in [-0.1, -0.05) is 13.8 Å². The van der Waals surface area contributed by atoms with Gasteiger partial charge in [0.25, 0.3) is 0 Å². The molecule has 0 spiro atoms. The normalized spacial score (nSPS) is 18.7. The van der Waals surface area contributed by atoms with Crippen molar-refractivity contribution in [1.29, 1.82) is 0 Å². The van der Waals surface area contributed by atoms with Gasteiger partial charge in [-0.25, -0.2) is 14.4 Å². The van der Waals surface area contributed by atoms with Crippen LogP contribution in [0.2, 0.25) is 0 Å². The molecule has 0 saturated carbocycles. The number of rotatable bonds is 5. The Kier molecular flexibility index (Phi) is 9.64. The number of carbonyl (C=O) groups is 4. The number of carboxylic acids is 2. The second-order valence-electron chi connectivity index (χ2n) is 8.39. The molecule has 32 heavy (non-hydrogen) atoms. The Bertz CT molecular complexity index is 832. The second-order valence-corrected chi connectivity index (χ2v) is 9.50. The lowest BCUT2D eigenvalue weighted by molar-refractivity contribution is -0.159. The van der Waals surface area contributed by atoms with Crippen molar-refractivity contribution in [2.24, 2.45) is 11.8 Å². The van der Waals surface area contributed by atoms with E-state index in [1.165, 1.54) is 4.88 Å². The Morgan fingerprint density at radius 2 is 1.69 bits per heavy atom. The topological polar surface area (TPSA) is 133 Å². The highest BCUT2D eigenvalue weighted by Gasteiger charge is 2.29. The zero-order valence-electron chi connectivity index (χ0n) is 18.8. The van der Waals surface area contributed by atoms with Crippen LogP contribution in [0.4, 0.5) is 5.00 Å². The van der Waals surface area contributed by atoms with Gasteiger partial charge in [0, 0.05) is 4.88 Å². The molecule has 1 unspecified atom stereocenters. The minimum absolute atomic E-state index is 0.0308. The maximum Gasteiger partial charge on any atom is 0.414 e. The smallest absolute Gasteiger partial charge is 0.414 e. The third kappa shape index (κ3) is 7.30. The van der Waals surface area contributed by atoms with E-state index in [9.17, 15) is 9.59 Å². The van der Waals surface area contributed by atoms with Gasteiger partial charge in [0.05, 0.1) is 18.7 Å². The first-order valence-electron chi connectivity index (χ1n) is 10.9. The number of anilines is 1. The highest BCUT2D eigenvalue weighted by atomic mass is 32.1. The van der Waals surface area contributed by atoms with Crippen LogP contribution >= 0.6 is 11.3 Å². The minimum Gasteiger partial charge on any atom is -0.473 e. The molecule has 1 saturated heterocycles. The van der Waals surface area contributed by atoms with Crippen LogP contribution in [0.5, 0.6) is 0 Å². The summed E-state index contributed by atoms with van der Waals surface area (Å²) in [5, 5.41) is 18.5. The third-order valence-electron chi connectivity index (χ3n) is 5.67. The summed E-state index contributed by atoms with van der Waals surface area (Å²) in [6.07, 6.45) is 5.24. The number of piperidine rings is 1. The fraction of sp³-hybridized carbons (Fsp3) is 0.636. The summed E-state index contributed by atoms with van der Waals surface area (Å²) < 4.78 is 5.27. The largest absolute Gasteiger partial charge is 0.473 e. The van der Waals surface area contributed by atoms with Crippen LogP contribution in [0.15, 0.2) is 0 Å². The fourth-order valence-corrected chi connectivity index (χ4v) is 5.26. The van der Waals surface area contributed by atoms with Crippen LogP contribution in [-0.4, -0.2) is 65.2 Å². The van der Waals surface area contributed by atoms with E-state index in [1.54, 1.807) is 11.3 Å². The predicted molar refractivity (Wildman–Crippen MR) is 120 cm³/mol. The molecule has 1 amide bonds. The van der Waals surface area contributed by atoms with E-state index in [-0.39, 0.29) is 11.9 Å². The van der Waals surface area contributed by atoms with Crippen LogP contribution in [0.1, 0.15) is 60.8 Å². The van der Waals surface area contributed by atoms with Crippen molar-refractivity contribution in [1.82, 2.24) is 4.90 Å². The number of thiophene rings is 1. The van der Waals surface area contributed by atoms with Gasteiger partial charge in [-0.15, -0.1) is 11.3 Å². The van der Waals surface area contributed by atoms with Gasteiger partial charge >= 0.3 is 17.9 Å². The van der Waals surface area contributed by atoms with Crippen molar-refractivity contribution in [2.75, 3.05) is 31.6 Å². The van der Waals surface area contributed by atoms with E-state index in [1.807, 2.05) is 6.92 Å². The van der Waals surface area contributed by atoms with E-state index in [0.29, 0.717) is 29.6 Å². The van der Waals surface area contributed by atoms with Crippen molar-refractivity contribution in [3.05, 3.63) is 16.0 Å². The molecule has 3 rings (SSSR count). The van der Waals surface area contributed by atoms with E-state index in [2.05, 4.69) is 24.1 Å². The lowest BCUT2D eigenvalue weighted by Gasteiger charge is -2.29. The number of carboxylic acid groups (broad SMARTS) is 2. The Hall–Kier alpha value is -2.46. The summed E-state index contributed by atoms with van der Waals surface area (Å²) in [6, 6.07) is 0. The Morgan fingerprint density at radius 1 is 1.06 bits per heavy atom. The molecular formula is C22H32N2O7S. The van der Waals surface area contributed by atoms with Crippen molar-refractivity contribution in [3.8, 4) is 0 Å². The molecular weight excluding hydrogens is 436 g/mol. The number of esters is 1. The van der Waals surface area contributed by atoms with Crippen LogP contribution < -0.4 is 5.32 Å². The Balaban J connectivity index is 0.000000534. The monoisotopic (exact) mass is 468 g/mol. The van der Waals surface area contributed by atoms with Gasteiger partial charge in [0.2, 0.25) is 5.91 Å². The molecule has 9 nitrogen and oxygen atoms in total. The number of aliphatic carboxylic acids is 2. The van der Waals surface area contributed by atoms with Crippen molar-refractivity contribution >= 4 is 40.2 Å². The molecule has 0 bridgehead atoms. The average molecular weight is 469 g/mol. The molecule has 10 heteroatoms. The first-order valence-corrected chi connectivity index (χ1v) is 11.7. The Morgan fingerprint density at radius 3 is 2.25 bits per heavy atom. The number of hydrogen-bond donors (Lipinski definition) is 3. The van der Waals surface area contributed by atoms with Crippen molar-refractivity contribution < 1.29 is 34.1 Å². The summed E-state index contributed by atoms with van der Waals surface area (Å²) in [6.45, 7) is 9.00. The number of nitrogens with one attached hydrogen (secondary N) is 1. The first kappa shape index (κ1) is 25.8. The maximum absolute atomic E-state index is 12.6. The first-order chi connectivity index (χ1) is 15.1. The third-order valence-corrected chi connectivity index (χ3v) is 6.84. The molecule has 1 aliphatic heterocycles. The number of amides is 1. The minimum atomic E-state index is -1.82. The lowest BCUT2D eigenvalue weighted by Crippen LogP contribution is -2.38. The van der Waals surface area contributed by atoms with E-state index in [4.69, 9.17) is 24.5 Å². The molecule has 1 aromatic heterocycles. The van der Waals surface area contributed by atoms with Crippen LogP contribution in [0.3, 0.4) is 0 Å². The molecule has 2 aliphatic rings. The number of nitrogens with zero attached hydrogens (tertiary/aromatic N) is 1. The van der Waals surface area contributed by atoms with Crippen molar-refractivity contribution in [2.45, 2.75) is 52.9 Å². The summed E-state index contributed by atoms with van der Waals surface area (Å²) in [4.78, 5) is 46.7. The molecule has 1 aliphatic carbocycles. The molecule has 0 aromatic carbocycles. The molecule has 0 radical (unpaired) electrons. The molecule has 1 fully saturated rings.